The summed E-state index contributed by atoms with van der Waals surface area (Å²) in [6.45, 7) is 2.77. The van der Waals surface area contributed by atoms with Gasteiger partial charge in [-0.2, -0.15) is 0 Å². The van der Waals surface area contributed by atoms with Crippen LogP contribution in [0.1, 0.15) is 42.3 Å². The third kappa shape index (κ3) is 3.20. The molecule has 0 saturated heterocycles. The van der Waals surface area contributed by atoms with Gasteiger partial charge in [0.15, 0.2) is 5.13 Å². The number of nitrogens with zero attached hydrogens (tertiary/aromatic N) is 1. The molecule has 0 aromatic carbocycles. The SMILES string of the molecule is CCNc1ncc(C(=O)N[C@@H]2CCCC[C@H]2O)s1. The fourth-order valence-electron chi connectivity index (χ4n) is 2.13. The number of amides is 1. The number of carbonyl (C=O) groups is 1. The molecule has 1 aliphatic carbocycles. The van der Waals surface area contributed by atoms with Crippen LogP contribution in [-0.4, -0.2) is 34.7 Å². The molecule has 2 rings (SSSR count). The van der Waals surface area contributed by atoms with E-state index in [0.29, 0.717) is 4.88 Å². The van der Waals surface area contributed by atoms with Gasteiger partial charge in [-0.3, -0.25) is 4.79 Å². The van der Waals surface area contributed by atoms with Crippen molar-refractivity contribution in [3.8, 4) is 0 Å². The highest BCUT2D eigenvalue weighted by atomic mass is 32.1. The van der Waals surface area contributed by atoms with Crippen molar-refractivity contribution >= 4 is 22.4 Å². The molecule has 2 atom stereocenters. The van der Waals surface area contributed by atoms with Crippen LogP contribution >= 0.6 is 11.3 Å². The van der Waals surface area contributed by atoms with Crippen LogP contribution in [0.4, 0.5) is 5.13 Å². The second-order valence-electron chi connectivity index (χ2n) is 4.49. The highest BCUT2D eigenvalue weighted by molar-refractivity contribution is 7.17. The molecule has 1 amide bonds. The summed E-state index contributed by atoms with van der Waals surface area (Å²) < 4.78 is 0. The maximum atomic E-state index is 12.0. The van der Waals surface area contributed by atoms with Crippen molar-refractivity contribution in [2.24, 2.45) is 0 Å². The first-order chi connectivity index (χ1) is 8.70. The Kier molecular flexibility index (Phi) is 4.54. The van der Waals surface area contributed by atoms with E-state index in [-0.39, 0.29) is 11.9 Å². The summed E-state index contributed by atoms with van der Waals surface area (Å²) >= 11 is 1.34. The van der Waals surface area contributed by atoms with Gasteiger partial charge in [0.2, 0.25) is 0 Å². The molecule has 6 heteroatoms. The Balaban J connectivity index is 1.93. The monoisotopic (exact) mass is 269 g/mol. The lowest BCUT2D eigenvalue weighted by atomic mass is 9.92. The fraction of sp³-hybridized carbons (Fsp3) is 0.667. The number of rotatable bonds is 4. The number of carbonyl (C=O) groups excluding carboxylic acids is 1. The smallest absolute Gasteiger partial charge is 0.263 e. The summed E-state index contributed by atoms with van der Waals surface area (Å²) in [6.07, 6.45) is 4.89. The Hall–Kier alpha value is -1.14. The molecule has 0 bridgehead atoms. The van der Waals surface area contributed by atoms with Crippen molar-refractivity contribution in [1.82, 2.24) is 10.3 Å². The van der Waals surface area contributed by atoms with Crippen LogP contribution in [0, 0.1) is 0 Å². The van der Waals surface area contributed by atoms with E-state index in [0.717, 1.165) is 37.4 Å². The van der Waals surface area contributed by atoms with Crippen molar-refractivity contribution in [2.75, 3.05) is 11.9 Å². The van der Waals surface area contributed by atoms with Crippen molar-refractivity contribution < 1.29 is 9.90 Å². The minimum absolute atomic E-state index is 0.115. The van der Waals surface area contributed by atoms with Gasteiger partial charge < -0.3 is 15.7 Å². The average Bonchev–Trinajstić information content (AvgIpc) is 2.81. The third-order valence-electron chi connectivity index (χ3n) is 3.10. The van der Waals surface area contributed by atoms with Crippen molar-refractivity contribution in [1.29, 1.82) is 0 Å². The molecule has 0 aliphatic heterocycles. The van der Waals surface area contributed by atoms with Gasteiger partial charge in [0.1, 0.15) is 4.88 Å². The summed E-state index contributed by atoms with van der Waals surface area (Å²) in [5, 5.41) is 16.5. The summed E-state index contributed by atoms with van der Waals surface area (Å²) in [6, 6.07) is -0.115. The molecule has 1 heterocycles. The number of hydrogen-bond acceptors (Lipinski definition) is 5. The normalized spacial score (nSPS) is 23.7. The lowest BCUT2D eigenvalue weighted by molar-refractivity contribution is 0.0720. The standard InChI is InChI=1S/C12H19N3O2S/c1-2-13-12-14-7-10(18-12)11(17)15-8-5-3-4-6-9(8)16/h7-9,16H,2-6H2,1H3,(H,13,14)(H,15,17)/t8-,9-/m1/s1. The lowest BCUT2D eigenvalue weighted by Gasteiger charge is -2.28. The van der Waals surface area contributed by atoms with Gasteiger partial charge in [0.25, 0.3) is 5.91 Å². The van der Waals surface area contributed by atoms with Crippen LogP contribution in [0.3, 0.4) is 0 Å². The molecule has 1 aromatic rings. The second kappa shape index (κ2) is 6.15. The molecular weight excluding hydrogens is 250 g/mol. The van der Waals surface area contributed by atoms with Crippen LogP contribution in [0.2, 0.25) is 0 Å². The van der Waals surface area contributed by atoms with E-state index >= 15 is 0 Å². The fourth-order valence-corrected chi connectivity index (χ4v) is 2.92. The number of thiazole rings is 1. The largest absolute Gasteiger partial charge is 0.391 e. The second-order valence-corrected chi connectivity index (χ2v) is 5.52. The van der Waals surface area contributed by atoms with Crippen molar-refractivity contribution in [3.63, 3.8) is 0 Å². The molecule has 18 heavy (non-hydrogen) atoms. The van der Waals surface area contributed by atoms with Gasteiger partial charge in [0.05, 0.1) is 18.3 Å². The summed E-state index contributed by atoms with van der Waals surface area (Å²) in [7, 11) is 0. The van der Waals surface area contributed by atoms with E-state index in [9.17, 15) is 9.90 Å². The van der Waals surface area contributed by atoms with E-state index in [4.69, 9.17) is 0 Å². The van der Waals surface area contributed by atoms with E-state index in [1.54, 1.807) is 6.20 Å². The molecule has 100 valence electrons. The number of hydrogen-bond donors (Lipinski definition) is 3. The highest BCUT2D eigenvalue weighted by Crippen LogP contribution is 2.21. The van der Waals surface area contributed by atoms with Gasteiger partial charge >= 0.3 is 0 Å². The van der Waals surface area contributed by atoms with E-state index in [1.807, 2.05) is 6.92 Å². The highest BCUT2D eigenvalue weighted by Gasteiger charge is 2.25. The number of aliphatic hydroxyl groups is 1. The van der Waals surface area contributed by atoms with Crippen LogP contribution in [0.15, 0.2) is 6.20 Å². The predicted octanol–water partition coefficient (Wildman–Crippen LogP) is 1.61. The van der Waals surface area contributed by atoms with Crippen LogP contribution < -0.4 is 10.6 Å². The lowest BCUT2D eigenvalue weighted by Crippen LogP contribution is -2.44. The quantitative estimate of drug-likeness (QED) is 0.776. The molecule has 5 nitrogen and oxygen atoms in total. The molecule has 3 N–H and O–H groups in total. The first-order valence-electron chi connectivity index (χ1n) is 6.39. The maximum absolute atomic E-state index is 12.0. The Morgan fingerprint density at radius 2 is 2.33 bits per heavy atom. The molecule has 1 aromatic heterocycles. The molecule has 0 spiro atoms. The van der Waals surface area contributed by atoms with Crippen LogP contribution in [0.25, 0.3) is 0 Å². The van der Waals surface area contributed by atoms with Crippen molar-refractivity contribution in [2.45, 2.75) is 44.8 Å². The number of nitrogens with one attached hydrogen (secondary N) is 2. The maximum Gasteiger partial charge on any atom is 0.263 e. The van der Waals surface area contributed by atoms with Gasteiger partial charge in [-0.05, 0) is 19.8 Å². The molecular formula is C12H19N3O2S. The van der Waals surface area contributed by atoms with E-state index in [2.05, 4.69) is 15.6 Å². The Morgan fingerprint density at radius 3 is 3.06 bits per heavy atom. The van der Waals surface area contributed by atoms with Crippen LogP contribution in [-0.2, 0) is 0 Å². The topological polar surface area (TPSA) is 74.2 Å². The van der Waals surface area contributed by atoms with Gasteiger partial charge in [0, 0.05) is 6.54 Å². The first kappa shape index (κ1) is 13.3. The van der Waals surface area contributed by atoms with E-state index in [1.165, 1.54) is 11.3 Å². The predicted molar refractivity (Wildman–Crippen MR) is 72.0 cm³/mol. The minimum atomic E-state index is -0.413. The molecule has 0 radical (unpaired) electrons. The molecule has 1 aliphatic rings. The van der Waals surface area contributed by atoms with Gasteiger partial charge in [-0.1, -0.05) is 24.2 Å². The third-order valence-corrected chi connectivity index (χ3v) is 4.06. The number of aliphatic hydroxyl groups excluding tert-OH is 1. The molecule has 1 fully saturated rings. The van der Waals surface area contributed by atoms with E-state index < -0.39 is 6.10 Å². The van der Waals surface area contributed by atoms with Gasteiger partial charge in [-0.15, -0.1) is 0 Å². The number of aromatic nitrogens is 1. The zero-order valence-electron chi connectivity index (χ0n) is 10.5. The van der Waals surface area contributed by atoms with Crippen molar-refractivity contribution in [3.05, 3.63) is 11.1 Å². The zero-order valence-corrected chi connectivity index (χ0v) is 11.3. The Labute approximate surface area is 111 Å². The van der Waals surface area contributed by atoms with Crippen LogP contribution in [0.5, 0.6) is 0 Å². The molecule has 0 unspecified atom stereocenters. The zero-order chi connectivity index (χ0) is 13.0. The summed E-state index contributed by atoms with van der Waals surface area (Å²) in [4.78, 5) is 16.7. The first-order valence-corrected chi connectivity index (χ1v) is 7.21. The number of anilines is 1. The average molecular weight is 269 g/mol. The minimum Gasteiger partial charge on any atom is -0.391 e. The Morgan fingerprint density at radius 1 is 1.56 bits per heavy atom. The Bertz CT molecular complexity index is 408. The van der Waals surface area contributed by atoms with Gasteiger partial charge in [-0.25, -0.2) is 4.98 Å². The molecule has 1 saturated carbocycles. The summed E-state index contributed by atoms with van der Waals surface area (Å²) in [5.74, 6) is -0.136. The summed E-state index contributed by atoms with van der Waals surface area (Å²) in [5.41, 5.74) is 0.